The van der Waals surface area contributed by atoms with E-state index in [1.165, 1.54) is 18.2 Å². The summed E-state index contributed by atoms with van der Waals surface area (Å²) in [5.74, 6) is -1.79. The van der Waals surface area contributed by atoms with Gasteiger partial charge in [0, 0.05) is 37.7 Å². The van der Waals surface area contributed by atoms with Gasteiger partial charge in [-0.2, -0.15) is 13.2 Å². The number of Topliss-reactive ketones (excluding diaryl/α,β-unsaturated/α-hetero) is 1. The molecule has 0 aliphatic rings. The van der Waals surface area contributed by atoms with Crippen LogP contribution in [0.4, 0.5) is 28.9 Å². The van der Waals surface area contributed by atoms with E-state index in [9.17, 15) is 30.8 Å². The van der Waals surface area contributed by atoms with E-state index in [1.807, 2.05) is 19.0 Å². The zero-order valence-corrected chi connectivity index (χ0v) is 21.5. The van der Waals surface area contributed by atoms with Crippen molar-refractivity contribution >= 4 is 27.2 Å². The number of aromatic nitrogens is 1. The number of benzene rings is 2. The van der Waals surface area contributed by atoms with E-state index in [1.54, 1.807) is 31.2 Å². The van der Waals surface area contributed by atoms with Crippen molar-refractivity contribution < 1.29 is 30.8 Å². The van der Waals surface area contributed by atoms with E-state index in [4.69, 9.17) is 0 Å². The van der Waals surface area contributed by atoms with Crippen LogP contribution in [-0.4, -0.2) is 39.5 Å². The zero-order chi connectivity index (χ0) is 27.5. The Morgan fingerprint density at radius 3 is 2.24 bits per heavy atom. The molecule has 0 spiro atoms. The highest BCUT2D eigenvalue weighted by molar-refractivity contribution is 7.92. The monoisotopic (exact) mass is 537 g/mol. The second-order valence-corrected chi connectivity index (χ2v) is 10.7. The van der Waals surface area contributed by atoms with Gasteiger partial charge in [0.25, 0.3) is 0 Å². The van der Waals surface area contributed by atoms with Crippen LogP contribution in [0.2, 0.25) is 0 Å². The van der Waals surface area contributed by atoms with Crippen LogP contribution in [0, 0.1) is 5.82 Å². The fourth-order valence-corrected chi connectivity index (χ4v) is 4.32. The summed E-state index contributed by atoms with van der Waals surface area (Å²) in [4.78, 5) is 18.6. The van der Waals surface area contributed by atoms with Crippen molar-refractivity contribution in [2.24, 2.45) is 0 Å². The molecule has 0 amide bonds. The Hall–Kier alpha value is -3.47. The number of nitrogens with one attached hydrogen (secondary N) is 1. The minimum absolute atomic E-state index is 0.0120. The first-order chi connectivity index (χ1) is 17.2. The number of sulfonamides is 1. The van der Waals surface area contributed by atoms with Gasteiger partial charge in [0.2, 0.25) is 10.0 Å². The lowest BCUT2D eigenvalue weighted by Crippen LogP contribution is -2.14. The lowest BCUT2D eigenvalue weighted by Gasteiger charge is -2.16. The highest BCUT2D eigenvalue weighted by atomic mass is 32.2. The third-order valence-corrected chi connectivity index (χ3v) is 6.43. The predicted octanol–water partition coefficient (Wildman–Crippen LogP) is 5.65. The van der Waals surface area contributed by atoms with Gasteiger partial charge in [-0.25, -0.2) is 17.8 Å². The fourth-order valence-electron chi connectivity index (χ4n) is 3.76. The Bertz CT molecular complexity index is 1390. The number of aryl methyl sites for hydroxylation is 1. The lowest BCUT2D eigenvalue weighted by atomic mass is 9.91. The summed E-state index contributed by atoms with van der Waals surface area (Å²) in [5, 5.41) is 0. The standard InChI is InChI=1S/C26H27F4N3O3S/c1-16(19-7-12-22(21(27)15-19)32-37(4,35)36)23(34)13-8-18-9-14-24(26(28,29)30)31-25(18)17-5-10-20(11-6-17)33(2)3/h5-7,9-12,14-16,32H,8,13H2,1-4H3. The number of carbonyl (C=O) groups is 1. The van der Waals surface area contributed by atoms with E-state index in [-0.39, 0.29) is 30.0 Å². The number of ketones is 1. The first kappa shape index (κ1) is 28.1. The van der Waals surface area contributed by atoms with Crippen LogP contribution in [-0.2, 0) is 27.4 Å². The molecule has 0 saturated heterocycles. The van der Waals surface area contributed by atoms with Gasteiger partial charge in [-0.3, -0.25) is 9.52 Å². The van der Waals surface area contributed by atoms with Crippen LogP contribution < -0.4 is 9.62 Å². The summed E-state index contributed by atoms with van der Waals surface area (Å²) < 4.78 is 79.2. The fraction of sp³-hybridized carbons (Fsp3) is 0.308. The van der Waals surface area contributed by atoms with Crippen LogP contribution in [0.3, 0.4) is 0 Å². The van der Waals surface area contributed by atoms with Crippen LogP contribution in [0.1, 0.15) is 36.1 Å². The third kappa shape index (κ3) is 7.28. The second-order valence-electron chi connectivity index (χ2n) is 8.94. The molecule has 0 fully saturated rings. The normalized spacial score (nSPS) is 12.8. The SMILES string of the molecule is CC(C(=O)CCc1ccc(C(F)(F)F)nc1-c1ccc(N(C)C)cc1)c1ccc(NS(C)(=O)=O)c(F)c1. The molecule has 1 heterocycles. The average molecular weight is 538 g/mol. The largest absolute Gasteiger partial charge is 0.433 e. The van der Waals surface area contributed by atoms with Crippen molar-refractivity contribution in [2.45, 2.75) is 31.9 Å². The average Bonchev–Trinajstić information content (AvgIpc) is 2.82. The van der Waals surface area contributed by atoms with Gasteiger partial charge < -0.3 is 4.90 Å². The van der Waals surface area contributed by atoms with Crippen LogP contribution >= 0.6 is 0 Å². The van der Waals surface area contributed by atoms with Crippen molar-refractivity contribution in [3.63, 3.8) is 0 Å². The molecule has 0 aliphatic carbocycles. The molecule has 1 unspecified atom stereocenters. The zero-order valence-electron chi connectivity index (χ0n) is 20.7. The Morgan fingerprint density at radius 1 is 1.05 bits per heavy atom. The molecule has 0 bridgehead atoms. The summed E-state index contributed by atoms with van der Waals surface area (Å²) >= 11 is 0. The van der Waals surface area contributed by atoms with Gasteiger partial charge >= 0.3 is 6.18 Å². The van der Waals surface area contributed by atoms with E-state index in [2.05, 4.69) is 9.71 Å². The van der Waals surface area contributed by atoms with Gasteiger partial charge in [0.15, 0.2) is 0 Å². The number of carbonyl (C=O) groups excluding carboxylic acids is 1. The highest BCUT2D eigenvalue weighted by Crippen LogP contribution is 2.33. The molecule has 198 valence electrons. The highest BCUT2D eigenvalue weighted by Gasteiger charge is 2.33. The molecule has 6 nitrogen and oxygen atoms in total. The van der Waals surface area contributed by atoms with Crippen LogP contribution in [0.25, 0.3) is 11.3 Å². The Kier molecular flexibility index (Phi) is 8.26. The molecule has 1 atom stereocenters. The number of halogens is 4. The maximum atomic E-state index is 14.4. The minimum atomic E-state index is -4.62. The number of hydrogen-bond donors (Lipinski definition) is 1. The number of anilines is 2. The summed E-state index contributed by atoms with van der Waals surface area (Å²) in [7, 11) is 0.0190. The predicted molar refractivity (Wildman–Crippen MR) is 136 cm³/mol. The molecule has 1 N–H and O–H groups in total. The van der Waals surface area contributed by atoms with Gasteiger partial charge in [-0.05, 0) is 47.9 Å². The van der Waals surface area contributed by atoms with Crippen molar-refractivity contribution in [2.75, 3.05) is 30.0 Å². The smallest absolute Gasteiger partial charge is 0.378 e. The van der Waals surface area contributed by atoms with E-state index >= 15 is 0 Å². The maximum Gasteiger partial charge on any atom is 0.433 e. The lowest BCUT2D eigenvalue weighted by molar-refractivity contribution is -0.141. The molecule has 3 aromatic rings. The molecular weight excluding hydrogens is 510 g/mol. The molecule has 11 heteroatoms. The molecule has 0 radical (unpaired) electrons. The van der Waals surface area contributed by atoms with Gasteiger partial charge in [0.1, 0.15) is 17.3 Å². The quantitative estimate of drug-likeness (QED) is 0.357. The number of rotatable bonds is 9. The topological polar surface area (TPSA) is 79.4 Å². The van der Waals surface area contributed by atoms with Crippen molar-refractivity contribution in [3.8, 4) is 11.3 Å². The van der Waals surface area contributed by atoms with E-state index in [0.717, 1.165) is 24.1 Å². The number of pyridine rings is 1. The molecule has 0 aliphatic heterocycles. The van der Waals surface area contributed by atoms with Crippen molar-refractivity contribution in [3.05, 3.63) is 77.2 Å². The maximum absolute atomic E-state index is 14.4. The Labute approximate surface area is 213 Å². The van der Waals surface area contributed by atoms with Gasteiger partial charge in [0.05, 0.1) is 17.6 Å². The molecule has 1 aromatic heterocycles. The van der Waals surface area contributed by atoms with Crippen LogP contribution in [0.5, 0.6) is 0 Å². The molecule has 0 saturated carbocycles. The summed E-state index contributed by atoms with van der Waals surface area (Å²) in [6.45, 7) is 1.59. The third-order valence-electron chi connectivity index (χ3n) is 5.84. The van der Waals surface area contributed by atoms with Gasteiger partial charge in [-0.1, -0.05) is 31.2 Å². The molecule has 37 heavy (non-hydrogen) atoms. The summed E-state index contributed by atoms with van der Waals surface area (Å²) in [6, 6.07) is 12.9. The van der Waals surface area contributed by atoms with Crippen LogP contribution in [0.15, 0.2) is 54.6 Å². The Morgan fingerprint density at radius 2 is 1.70 bits per heavy atom. The first-order valence-corrected chi connectivity index (χ1v) is 13.2. The minimum Gasteiger partial charge on any atom is -0.378 e. The second kappa shape index (κ2) is 10.9. The number of nitrogens with zero attached hydrogens (tertiary/aromatic N) is 2. The number of hydrogen-bond acceptors (Lipinski definition) is 5. The number of alkyl halides is 3. The van der Waals surface area contributed by atoms with Crippen molar-refractivity contribution in [1.29, 1.82) is 0 Å². The van der Waals surface area contributed by atoms with Gasteiger partial charge in [-0.15, -0.1) is 0 Å². The van der Waals surface area contributed by atoms with E-state index < -0.39 is 33.6 Å². The summed E-state index contributed by atoms with van der Waals surface area (Å²) in [5.41, 5.74) is 1.07. The summed E-state index contributed by atoms with van der Waals surface area (Å²) in [6.07, 6.45) is -3.60. The van der Waals surface area contributed by atoms with E-state index in [0.29, 0.717) is 16.7 Å². The molecular formula is C26H27F4N3O3S. The molecule has 2 aromatic carbocycles. The van der Waals surface area contributed by atoms with Crippen molar-refractivity contribution in [1.82, 2.24) is 4.98 Å². The first-order valence-electron chi connectivity index (χ1n) is 11.3. The molecule has 3 rings (SSSR count). The Balaban J connectivity index is 1.83.